The first-order valence-corrected chi connectivity index (χ1v) is 7.32. The zero-order chi connectivity index (χ0) is 14.6. The fourth-order valence-electron chi connectivity index (χ4n) is 3.07. The monoisotopic (exact) mass is 286 g/mol. The average molecular weight is 286 g/mol. The topological polar surface area (TPSA) is 20.2 Å². The Morgan fingerprint density at radius 2 is 1.75 bits per heavy atom. The molecule has 0 heterocycles. The van der Waals surface area contributed by atoms with Gasteiger partial charge in [0.25, 0.3) is 0 Å². The van der Waals surface area contributed by atoms with Crippen molar-refractivity contribution in [3.8, 4) is 0 Å². The van der Waals surface area contributed by atoms with E-state index in [0.717, 1.165) is 25.3 Å². The molecular formula is C16H21F3O. The van der Waals surface area contributed by atoms with E-state index in [0.29, 0.717) is 12.3 Å². The second-order valence-electron chi connectivity index (χ2n) is 5.68. The number of aliphatic hydroxyl groups excluding tert-OH is 1. The van der Waals surface area contributed by atoms with Crippen LogP contribution in [-0.2, 0) is 6.18 Å². The first kappa shape index (κ1) is 15.4. The zero-order valence-corrected chi connectivity index (χ0v) is 11.5. The highest BCUT2D eigenvalue weighted by Crippen LogP contribution is 2.37. The fraction of sp³-hybridized carbons (Fsp3) is 0.625. The molecule has 0 aromatic heterocycles. The molecule has 1 aromatic carbocycles. The Balaban J connectivity index is 2.00. The van der Waals surface area contributed by atoms with Gasteiger partial charge in [0.05, 0.1) is 11.7 Å². The third-order valence-electron chi connectivity index (χ3n) is 4.20. The molecule has 0 saturated heterocycles. The minimum atomic E-state index is -4.40. The van der Waals surface area contributed by atoms with Crippen LogP contribution in [0.4, 0.5) is 13.2 Å². The maximum atomic E-state index is 12.9. The predicted molar refractivity (Wildman–Crippen MR) is 72.2 cm³/mol. The van der Waals surface area contributed by atoms with Crippen LogP contribution in [0.1, 0.15) is 62.2 Å². The Kier molecular flexibility index (Phi) is 5.08. The lowest BCUT2D eigenvalue weighted by atomic mass is 9.84. The maximum Gasteiger partial charge on any atom is 0.416 e. The largest absolute Gasteiger partial charge is 0.416 e. The van der Waals surface area contributed by atoms with Crippen LogP contribution in [0.25, 0.3) is 0 Å². The normalized spacial score (nSPS) is 19.0. The Morgan fingerprint density at radius 3 is 2.40 bits per heavy atom. The fourth-order valence-corrected chi connectivity index (χ4v) is 3.07. The maximum absolute atomic E-state index is 12.9. The molecule has 1 aliphatic carbocycles. The number of hydrogen-bond donors (Lipinski definition) is 1. The predicted octanol–water partition coefficient (Wildman–Crippen LogP) is 5.10. The van der Waals surface area contributed by atoms with E-state index in [1.165, 1.54) is 31.4 Å². The van der Waals surface area contributed by atoms with Crippen LogP contribution < -0.4 is 0 Å². The molecule has 1 aliphatic rings. The van der Waals surface area contributed by atoms with E-state index in [2.05, 4.69) is 0 Å². The van der Waals surface area contributed by atoms with E-state index in [4.69, 9.17) is 0 Å². The molecular weight excluding hydrogens is 265 g/mol. The molecule has 0 radical (unpaired) electrons. The SMILES string of the molecule is OC(CCC1CCCCC1)c1ccccc1C(F)(F)F. The van der Waals surface area contributed by atoms with Gasteiger partial charge in [-0.15, -0.1) is 0 Å². The number of rotatable bonds is 4. The van der Waals surface area contributed by atoms with Crippen molar-refractivity contribution in [2.75, 3.05) is 0 Å². The molecule has 1 fully saturated rings. The van der Waals surface area contributed by atoms with Crippen molar-refractivity contribution in [3.63, 3.8) is 0 Å². The molecule has 1 nitrogen and oxygen atoms in total. The van der Waals surface area contributed by atoms with Gasteiger partial charge in [-0.1, -0.05) is 50.3 Å². The molecule has 1 N–H and O–H groups in total. The van der Waals surface area contributed by atoms with E-state index < -0.39 is 17.8 Å². The summed E-state index contributed by atoms with van der Waals surface area (Å²) in [7, 11) is 0. The molecule has 0 spiro atoms. The highest BCUT2D eigenvalue weighted by atomic mass is 19.4. The molecule has 0 amide bonds. The molecule has 1 atom stereocenters. The quantitative estimate of drug-likeness (QED) is 0.816. The van der Waals surface area contributed by atoms with Crippen LogP contribution in [0.3, 0.4) is 0 Å². The Bertz CT molecular complexity index is 422. The number of halogens is 3. The van der Waals surface area contributed by atoms with Gasteiger partial charge in [-0.25, -0.2) is 0 Å². The van der Waals surface area contributed by atoms with Gasteiger partial charge in [0.2, 0.25) is 0 Å². The molecule has 0 bridgehead atoms. The molecule has 112 valence electrons. The third kappa shape index (κ3) is 3.98. The van der Waals surface area contributed by atoms with Gasteiger partial charge in [0.1, 0.15) is 0 Å². The highest BCUT2D eigenvalue weighted by molar-refractivity contribution is 5.31. The van der Waals surface area contributed by atoms with E-state index in [-0.39, 0.29) is 5.56 Å². The van der Waals surface area contributed by atoms with Gasteiger partial charge >= 0.3 is 6.18 Å². The van der Waals surface area contributed by atoms with E-state index in [1.807, 2.05) is 0 Å². The van der Waals surface area contributed by atoms with Gasteiger partial charge in [0.15, 0.2) is 0 Å². The smallest absolute Gasteiger partial charge is 0.388 e. The van der Waals surface area contributed by atoms with Crippen LogP contribution in [0, 0.1) is 5.92 Å². The average Bonchev–Trinajstić information content (AvgIpc) is 2.45. The first-order valence-electron chi connectivity index (χ1n) is 7.32. The van der Waals surface area contributed by atoms with Crippen LogP contribution >= 0.6 is 0 Å². The van der Waals surface area contributed by atoms with Gasteiger partial charge in [0, 0.05) is 0 Å². The van der Waals surface area contributed by atoms with Crippen molar-refractivity contribution < 1.29 is 18.3 Å². The van der Waals surface area contributed by atoms with Crippen molar-refractivity contribution in [1.29, 1.82) is 0 Å². The van der Waals surface area contributed by atoms with Crippen molar-refractivity contribution in [2.24, 2.45) is 5.92 Å². The molecule has 1 unspecified atom stereocenters. The summed E-state index contributed by atoms with van der Waals surface area (Å²) in [5.41, 5.74) is -0.702. The van der Waals surface area contributed by atoms with Gasteiger partial charge < -0.3 is 5.11 Å². The van der Waals surface area contributed by atoms with Gasteiger partial charge in [-0.05, 0) is 30.4 Å². The lowest BCUT2D eigenvalue weighted by Gasteiger charge is -2.23. The Labute approximate surface area is 117 Å². The lowest BCUT2D eigenvalue weighted by Crippen LogP contribution is -2.13. The van der Waals surface area contributed by atoms with Crippen molar-refractivity contribution in [1.82, 2.24) is 0 Å². The lowest BCUT2D eigenvalue weighted by molar-refractivity contribution is -0.139. The van der Waals surface area contributed by atoms with E-state index in [9.17, 15) is 18.3 Å². The van der Waals surface area contributed by atoms with Gasteiger partial charge in [-0.2, -0.15) is 13.2 Å². The summed E-state index contributed by atoms with van der Waals surface area (Å²) in [6, 6.07) is 5.34. The van der Waals surface area contributed by atoms with Crippen LogP contribution in [0.15, 0.2) is 24.3 Å². The minimum Gasteiger partial charge on any atom is -0.388 e. The van der Waals surface area contributed by atoms with Crippen LogP contribution in [0.5, 0.6) is 0 Å². The molecule has 2 rings (SSSR count). The standard InChI is InChI=1S/C16H21F3O/c17-16(18,19)14-9-5-4-8-13(14)15(20)11-10-12-6-2-1-3-7-12/h4-5,8-9,12,15,20H,1-3,6-7,10-11H2. The summed E-state index contributed by atoms with van der Waals surface area (Å²) in [5, 5.41) is 10.1. The van der Waals surface area contributed by atoms with Crippen molar-refractivity contribution in [3.05, 3.63) is 35.4 Å². The second-order valence-corrected chi connectivity index (χ2v) is 5.68. The summed E-state index contributed by atoms with van der Waals surface area (Å²) < 4.78 is 38.7. The Hall–Kier alpha value is -1.03. The summed E-state index contributed by atoms with van der Waals surface area (Å²) >= 11 is 0. The summed E-state index contributed by atoms with van der Waals surface area (Å²) in [5.74, 6) is 0.566. The van der Waals surface area contributed by atoms with Crippen LogP contribution in [-0.4, -0.2) is 5.11 Å². The van der Waals surface area contributed by atoms with Crippen LogP contribution in [0.2, 0.25) is 0 Å². The van der Waals surface area contributed by atoms with Crippen molar-refractivity contribution >= 4 is 0 Å². The van der Waals surface area contributed by atoms with E-state index >= 15 is 0 Å². The number of alkyl halides is 3. The van der Waals surface area contributed by atoms with Crippen molar-refractivity contribution in [2.45, 2.75) is 57.2 Å². The minimum absolute atomic E-state index is 0.0100. The molecule has 20 heavy (non-hydrogen) atoms. The third-order valence-corrected chi connectivity index (χ3v) is 4.20. The summed E-state index contributed by atoms with van der Waals surface area (Å²) in [6.45, 7) is 0. The van der Waals surface area contributed by atoms with Gasteiger partial charge in [-0.3, -0.25) is 0 Å². The molecule has 4 heteroatoms. The first-order chi connectivity index (χ1) is 9.48. The summed E-state index contributed by atoms with van der Waals surface area (Å²) in [6.07, 6.45) is 1.78. The highest BCUT2D eigenvalue weighted by Gasteiger charge is 2.34. The number of hydrogen-bond acceptors (Lipinski definition) is 1. The number of aliphatic hydroxyl groups is 1. The molecule has 0 aliphatic heterocycles. The Morgan fingerprint density at radius 1 is 1.10 bits per heavy atom. The molecule has 1 aromatic rings. The molecule has 1 saturated carbocycles. The van der Waals surface area contributed by atoms with E-state index in [1.54, 1.807) is 6.07 Å². The number of benzene rings is 1. The summed E-state index contributed by atoms with van der Waals surface area (Å²) in [4.78, 5) is 0. The second kappa shape index (κ2) is 6.61. The zero-order valence-electron chi connectivity index (χ0n) is 11.5.